The Labute approximate surface area is 187 Å². The molecule has 1 aliphatic rings. The molecule has 0 unspecified atom stereocenters. The van der Waals surface area contributed by atoms with Gasteiger partial charge in [0.1, 0.15) is 0 Å². The third-order valence-corrected chi connectivity index (χ3v) is 6.08. The number of hydrogen-bond donors (Lipinski definition) is 1. The first kappa shape index (κ1) is 20.1. The second kappa shape index (κ2) is 8.71. The van der Waals surface area contributed by atoms with Crippen molar-refractivity contribution in [2.45, 2.75) is 13.1 Å². The number of benzene rings is 3. The van der Waals surface area contributed by atoms with Gasteiger partial charge in [0.15, 0.2) is 0 Å². The molecule has 0 aliphatic carbocycles. The first-order chi connectivity index (χ1) is 15.7. The average molecular weight is 424 g/mol. The molecule has 5 rings (SSSR count). The molecule has 0 spiro atoms. The van der Waals surface area contributed by atoms with Crippen LogP contribution in [0.15, 0.2) is 91.1 Å². The van der Waals surface area contributed by atoms with E-state index in [-0.39, 0.29) is 17.7 Å². The summed E-state index contributed by atoms with van der Waals surface area (Å²) < 4.78 is 0. The number of likely N-dealkylation sites (tertiary alicyclic amines) is 1. The molecule has 32 heavy (non-hydrogen) atoms. The van der Waals surface area contributed by atoms with Crippen molar-refractivity contribution >= 4 is 22.7 Å². The van der Waals surface area contributed by atoms with Gasteiger partial charge in [-0.2, -0.15) is 0 Å². The van der Waals surface area contributed by atoms with Gasteiger partial charge in [-0.1, -0.05) is 78.9 Å². The van der Waals surface area contributed by atoms with E-state index < -0.39 is 0 Å². The molecule has 3 aromatic carbocycles. The Morgan fingerprint density at radius 3 is 2.00 bits per heavy atom. The minimum absolute atomic E-state index is 0.0239. The van der Waals surface area contributed by atoms with E-state index >= 15 is 0 Å². The third kappa shape index (κ3) is 4.02. The first-order valence-corrected chi connectivity index (χ1v) is 10.9. The predicted molar refractivity (Wildman–Crippen MR) is 125 cm³/mol. The fourth-order valence-electron chi connectivity index (χ4n) is 4.30. The Balaban J connectivity index is 1.28. The van der Waals surface area contributed by atoms with Crippen molar-refractivity contribution in [2.24, 2.45) is 5.92 Å². The maximum absolute atomic E-state index is 13.4. The van der Waals surface area contributed by atoms with Crippen LogP contribution in [0.25, 0.3) is 10.9 Å². The molecule has 1 aliphatic heterocycles. The molecule has 2 amide bonds. The van der Waals surface area contributed by atoms with Gasteiger partial charge in [0, 0.05) is 43.3 Å². The SMILES string of the molecule is O=C(c1c[nH]c2ccccc12)N1CC(C(=O)N(Cc2ccccc2)Cc2ccccc2)C1. The van der Waals surface area contributed by atoms with Gasteiger partial charge in [-0.25, -0.2) is 0 Å². The van der Waals surface area contributed by atoms with Crippen molar-refractivity contribution in [1.82, 2.24) is 14.8 Å². The average Bonchev–Trinajstić information content (AvgIpc) is 3.23. The summed E-state index contributed by atoms with van der Waals surface area (Å²) in [5.41, 5.74) is 3.81. The van der Waals surface area contributed by atoms with Crippen LogP contribution in [0.4, 0.5) is 0 Å². The number of H-pyrrole nitrogens is 1. The smallest absolute Gasteiger partial charge is 0.256 e. The maximum atomic E-state index is 13.4. The largest absolute Gasteiger partial charge is 0.360 e. The van der Waals surface area contributed by atoms with Crippen LogP contribution in [-0.2, 0) is 17.9 Å². The number of carbonyl (C=O) groups is 2. The minimum Gasteiger partial charge on any atom is -0.360 e. The van der Waals surface area contributed by atoms with Crippen molar-refractivity contribution < 1.29 is 9.59 Å². The second-order valence-corrected chi connectivity index (χ2v) is 8.32. The van der Waals surface area contributed by atoms with Gasteiger partial charge in [0.05, 0.1) is 11.5 Å². The van der Waals surface area contributed by atoms with Crippen molar-refractivity contribution in [3.8, 4) is 0 Å². The number of aromatic nitrogens is 1. The van der Waals surface area contributed by atoms with Gasteiger partial charge >= 0.3 is 0 Å². The number of rotatable bonds is 6. The summed E-state index contributed by atoms with van der Waals surface area (Å²) in [6.45, 7) is 2.03. The molecule has 1 aromatic heterocycles. The van der Waals surface area contributed by atoms with E-state index in [0.717, 1.165) is 22.0 Å². The normalized spacial score (nSPS) is 13.7. The molecule has 1 fully saturated rings. The molecule has 0 bridgehead atoms. The van der Waals surface area contributed by atoms with Crippen LogP contribution in [0.5, 0.6) is 0 Å². The Kier molecular flexibility index (Phi) is 5.46. The second-order valence-electron chi connectivity index (χ2n) is 8.32. The molecule has 1 saturated heterocycles. The highest BCUT2D eigenvalue weighted by molar-refractivity contribution is 6.07. The van der Waals surface area contributed by atoms with E-state index in [0.29, 0.717) is 31.7 Å². The van der Waals surface area contributed by atoms with E-state index in [2.05, 4.69) is 4.98 Å². The highest BCUT2D eigenvalue weighted by Crippen LogP contribution is 2.26. The van der Waals surface area contributed by atoms with Gasteiger partial charge in [0.25, 0.3) is 5.91 Å². The molecule has 5 heteroatoms. The van der Waals surface area contributed by atoms with Gasteiger partial charge < -0.3 is 14.8 Å². The first-order valence-electron chi connectivity index (χ1n) is 10.9. The van der Waals surface area contributed by atoms with Crippen LogP contribution in [0.2, 0.25) is 0 Å². The molecule has 2 heterocycles. The summed E-state index contributed by atoms with van der Waals surface area (Å²) in [4.78, 5) is 33.2. The summed E-state index contributed by atoms with van der Waals surface area (Å²) in [6, 6.07) is 27.9. The van der Waals surface area contributed by atoms with Crippen LogP contribution in [0.1, 0.15) is 21.5 Å². The molecule has 0 saturated carbocycles. The van der Waals surface area contributed by atoms with E-state index in [1.165, 1.54) is 0 Å². The zero-order valence-corrected chi connectivity index (χ0v) is 17.8. The molecule has 4 aromatic rings. The summed E-state index contributed by atoms with van der Waals surface area (Å²) in [7, 11) is 0. The number of aromatic amines is 1. The van der Waals surface area contributed by atoms with E-state index in [4.69, 9.17) is 0 Å². The Hall–Kier alpha value is -3.86. The molecule has 0 radical (unpaired) electrons. The lowest BCUT2D eigenvalue weighted by atomic mass is 9.96. The van der Waals surface area contributed by atoms with Crippen molar-refractivity contribution in [3.63, 3.8) is 0 Å². The number of amides is 2. The standard InChI is InChI=1S/C27H25N3O2/c31-26(29(16-20-9-3-1-4-10-20)17-21-11-5-2-6-12-21)22-18-30(19-22)27(32)24-15-28-25-14-8-7-13-23(24)25/h1-15,22,28H,16-19H2. The summed E-state index contributed by atoms with van der Waals surface area (Å²) in [5, 5.41) is 0.919. The Morgan fingerprint density at radius 1 is 0.812 bits per heavy atom. The van der Waals surface area contributed by atoms with Gasteiger partial charge in [-0.3, -0.25) is 9.59 Å². The summed E-state index contributed by atoms with van der Waals surface area (Å²) in [6.07, 6.45) is 1.76. The molecule has 5 nitrogen and oxygen atoms in total. The van der Waals surface area contributed by atoms with Crippen molar-refractivity contribution in [1.29, 1.82) is 0 Å². The number of carbonyl (C=O) groups excluding carboxylic acids is 2. The lowest BCUT2D eigenvalue weighted by Gasteiger charge is -2.40. The number of fused-ring (bicyclic) bond motifs is 1. The zero-order valence-electron chi connectivity index (χ0n) is 17.8. The fraction of sp³-hybridized carbons (Fsp3) is 0.185. The van der Waals surface area contributed by atoms with Gasteiger partial charge in [-0.15, -0.1) is 0 Å². The zero-order chi connectivity index (χ0) is 21.9. The fourth-order valence-corrected chi connectivity index (χ4v) is 4.30. The van der Waals surface area contributed by atoms with Crippen molar-refractivity contribution in [3.05, 3.63) is 108 Å². The van der Waals surface area contributed by atoms with Crippen LogP contribution in [0.3, 0.4) is 0 Å². The molecule has 1 N–H and O–H groups in total. The number of nitrogens with one attached hydrogen (secondary N) is 1. The van der Waals surface area contributed by atoms with Gasteiger partial charge in [-0.05, 0) is 17.2 Å². The Bertz CT molecular complexity index is 1190. The van der Waals surface area contributed by atoms with E-state index in [1.807, 2.05) is 89.8 Å². The monoisotopic (exact) mass is 423 g/mol. The number of hydrogen-bond acceptors (Lipinski definition) is 2. The third-order valence-electron chi connectivity index (χ3n) is 6.08. The Morgan fingerprint density at radius 2 is 1.38 bits per heavy atom. The molecular formula is C27H25N3O2. The van der Waals surface area contributed by atoms with Crippen LogP contribution >= 0.6 is 0 Å². The van der Waals surface area contributed by atoms with Crippen LogP contribution in [-0.4, -0.2) is 39.7 Å². The minimum atomic E-state index is -0.170. The van der Waals surface area contributed by atoms with Gasteiger partial charge in [0.2, 0.25) is 5.91 Å². The van der Waals surface area contributed by atoms with E-state index in [9.17, 15) is 9.59 Å². The highest BCUT2D eigenvalue weighted by Gasteiger charge is 2.38. The topological polar surface area (TPSA) is 56.4 Å². The van der Waals surface area contributed by atoms with Crippen LogP contribution < -0.4 is 0 Å². The molecular weight excluding hydrogens is 398 g/mol. The lowest BCUT2D eigenvalue weighted by molar-refractivity contribution is -0.141. The predicted octanol–water partition coefficient (Wildman–Crippen LogP) is 4.47. The number of nitrogens with zero attached hydrogens (tertiary/aromatic N) is 2. The maximum Gasteiger partial charge on any atom is 0.256 e. The summed E-state index contributed by atoms with van der Waals surface area (Å²) in [5.74, 6) is -0.0959. The molecule has 0 atom stereocenters. The van der Waals surface area contributed by atoms with Crippen LogP contribution in [0, 0.1) is 5.92 Å². The summed E-state index contributed by atoms with van der Waals surface area (Å²) >= 11 is 0. The quantitative estimate of drug-likeness (QED) is 0.498. The number of para-hydroxylation sites is 1. The highest BCUT2D eigenvalue weighted by atomic mass is 16.2. The van der Waals surface area contributed by atoms with E-state index in [1.54, 1.807) is 11.1 Å². The van der Waals surface area contributed by atoms with Crippen molar-refractivity contribution in [2.75, 3.05) is 13.1 Å². The molecule has 160 valence electrons. The lowest BCUT2D eigenvalue weighted by Crippen LogP contribution is -2.56.